The molecule has 0 aliphatic rings. The SMILES string of the molecule is Cc1c(Br)c(C)c2c(C)coc2c1Cc1ccc(C(C)C)cc1. The summed E-state index contributed by atoms with van der Waals surface area (Å²) in [7, 11) is 0. The first-order chi connectivity index (χ1) is 10.9. The number of furan rings is 1. The lowest BCUT2D eigenvalue weighted by atomic mass is 9.93. The van der Waals surface area contributed by atoms with Gasteiger partial charge in [-0.1, -0.05) is 54.0 Å². The fraction of sp³-hybridized carbons (Fsp3) is 0.333. The zero-order valence-corrected chi connectivity index (χ0v) is 16.0. The van der Waals surface area contributed by atoms with Gasteiger partial charge in [0.25, 0.3) is 0 Å². The Morgan fingerprint density at radius 1 is 1.00 bits per heavy atom. The van der Waals surface area contributed by atoms with Crippen LogP contribution in [0.15, 0.2) is 39.4 Å². The van der Waals surface area contributed by atoms with E-state index in [1.54, 1.807) is 0 Å². The van der Waals surface area contributed by atoms with Crippen LogP contribution in [-0.2, 0) is 6.42 Å². The van der Waals surface area contributed by atoms with Gasteiger partial charge in [-0.2, -0.15) is 0 Å². The highest BCUT2D eigenvalue weighted by atomic mass is 79.9. The molecule has 0 saturated carbocycles. The normalized spacial score (nSPS) is 11.6. The lowest BCUT2D eigenvalue weighted by Gasteiger charge is -2.13. The fourth-order valence-electron chi connectivity index (χ4n) is 3.26. The van der Waals surface area contributed by atoms with Crippen LogP contribution in [-0.4, -0.2) is 0 Å². The van der Waals surface area contributed by atoms with Crippen molar-refractivity contribution in [2.75, 3.05) is 0 Å². The molecule has 2 heteroatoms. The number of halogens is 1. The van der Waals surface area contributed by atoms with Gasteiger partial charge in [-0.25, -0.2) is 0 Å². The van der Waals surface area contributed by atoms with Crippen molar-refractivity contribution in [3.8, 4) is 0 Å². The minimum Gasteiger partial charge on any atom is -0.464 e. The molecule has 2 aromatic carbocycles. The maximum absolute atomic E-state index is 5.91. The average molecular weight is 371 g/mol. The molecule has 1 heterocycles. The zero-order valence-electron chi connectivity index (χ0n) is 14.5. The summed E-state index contributed by atoms with van der Waals surface area (Å²) in [5.74, 6) is 0.568. The van der Waals surface area contributed by atoms with E-state index in [9.17, 15) is 0 Å². The van der Waals surface area contributed by atoms with E-state index in [1.165, 1.54) is 43.2 Å². The molecule has 120 valence electrons. The van der Waals surface area contributed by atoms with Crippen molar-refractivity contribution in [3.63, 3.8) is 0 Å². The van der Waals surface area contributed by atoms with Gasteiger partial charge < -0.3 is 4.42 Å². The van der Waals surface area contributed by atoms with Crippen LogP contribution >= 0.6 is 15.9 Å². The Balaban J connectivity index is 2.09. The topological polar surface area (TPSA) is 13.1 Å². The number of fused-ring (bicyclic) bond motifs is 1. The van der Waals surface area contributed by atoms with Crippen LogP contribution in [0.25, 0.3) is 11.0 Å². The minimum atomic E-state index is 0.568. The summed E-state index contributed by atoms with van der Waals surface area (Å²) in [6, 6.07) is 8.96. The molecule has 0 unspecified atom stereocenters. The molecule has 1 nitrogen and oxygen atoms in total. The van der Waals surface area contributed by atoms with E-state index in [1.807, 2.05) is 6.26 Å². The first-order valence-electron chi connectivity index (χ1n) is 8.14. The maximum atomic E-state index is 5.91. The monoisotopic (exact) mass is 370 g/mol. The molecule has 0 radical (unpaired) electrons. The summed E-state index contributed by atoms with van der Waals surface area (Å²) in [6.45, 7) is 10.9. The van der Waals surface area contributed by atoms with Crippen molar-refractivity contribution in [3.05, 3.63) is 68.4 Å². The molecule has 0 aliphatic carbocycles. The Bertz CT molecular complexity index is 854. The van der Waals surface area contributed by atoms with Crippen molar-refractivity contribution in [2.45, 2.75) is 47.0 Å². The molecule has 0 spiro atoms. The van der Waals surface area contributed by atoms with Gasteiger partial charge in [-0.15, -0.1) is 0 Å². The quantitative estimate of drug-likeness (QED) is 0.492. The molecule has 0 fully saturated rings. The van der Waals surface area contributed by atoms with Crippen molar-refractivity contribution < 1.29 is 4.42 Å². The molecule has 1 aromatic heterocycles. The van der Waals surface area contributed by atoms with Crippen molar-refractivity contribution in [1.29, 1.82) is 0 Å². The number of benzene rings is 2. The van der Waals surface area contributed by atoms with Crippen molar-refractivity contribution in [2.24, 2.45) is 0 Å². The summed E-state index contributed by atoms with van der Waals surface area (Å²) in [6.07, 6.45) is 2.77. The molecular weight excluding hydrogens is 348 g/mol. The molecular formula is C21H23BrO. The van der Waals surface area contributed by atoms with E-state index in [0.29, 0.717) is 5.92 Å². The smallest absolute Gasteiger partial charge is 0.138 e. The standard InChI is InChI=1S/C21H23BrO/c1-12(2)17-8-6-16(7-9-17)10-18-14(4)20(22)15(5)19-13(3)11-23-21(18)19/h6-9,11-12H,10H2,1-5H3. The van der Waals surface area contributed by atoms with Gasteiger partial charge >= 0.3 is 0 Å². The van der Waals surface area contributed by atoms with Gasteiger partial charge in [0.2, 0.25) is 0 Å². The fourth-order valence-corrected chi connectivity index (χ4v) is 3.70. The van der Waals surface area contributed by atoms with Crippen LogP contribution in [0, 0.1) is 20.8 Å². The highest BCUT2D eigenvalue weighted by Gasteiger charge is 2.17. The van der Waals surface area contributed by atoms with E-state index >= 15 is 0 Å². The average Bonchev–Trinajstić information content (AvgIpc) is 2.91. The number of rotatable bonds is 3. The number of hydrogen-bond donors (Lipinski definition) is 0. The van der Waals surface area contributed by atoms with Crippen LogP contribution in [0.1, 0.15) is 53.1 Å². The van der Waals surface area contributed by atoms with Gasteiger partial charge in [-0.3, -0.25) is 0 Å². The third-order valence-corrected chi connectivity index (χ3v) is 5.95. The predicted octanol–water partition coefficient (Wildman–Crippen LogP) is 6.83. The van der Waals surface area contributed by atoms with Gasteiger partial charge in [0, 0.05) is 21.8 Å². The van der Waals surface area contributed by atoms with Gasteiger partial charge in [-0.05, 0) is 54.5 Å². The van der Waals surface area contributed by atoms with E-state index in [4.69, 9.17) is 4.42 Å². The first kappa shape index (κ1) is 16.3. The Kier molecular flexibility index (Phi) is 4.37. The Labute approximate surface area is 146 Å². The lowest BCUT2D eigenvalue weighted by molar-refractivity contribution is 0.608. The second-order valence-corrected chi connectivity index (χ2v) is 7.53. The number of aryl methyl sites for hydroxylation is 2. The van der Waals surface area contributed by atoms with E-state index < -0.39 is 0 Å². The molecule has 0 aliphatic heterocycles. The van der Waals surface area contributed by atoms with E-state index in [0.717, 1.165) is 12.0 Å². The minimum absolute atomic E-state index is 0.568. The van der Waals surface area contributed by atoms with Gasteiger partial charge in [0.05, 0.1) is 6.26 Å². The highest BCUT2D eigenvalue weighted by molar-refractivity contribution is 9.10. The number of hydrogen-bond acceptors (Lipinski definition) is 1. The highest BCUT2D eigenvalue weighted by Crippen LogP contribution is 2.37. The van der Waals surface area contributed by atoms with Crippen molar-refractivity contribution in [1.82, 2.24) is 0 Å². The van der Waals surface area contributed by atoms with Crippen LogP contribution in [0.3, 0.4) is 0 Å². The third kappa shape index (κ3) is 2.85. The predicted molar refractivity (Wildman–Crippen MR) is 101 cm³/mol. The summed E-state index contributed by atoms with van der Waals surface area (Å²) in [4.78, 5) is 0. The van der Waals surface area contributed by atoms with E-state index in [-0.39, 0.29) is 0 Å². The first-order valence-corrected chi connectivity index (χ1v) is 8.93. The molecule has 0 atom stereocenters. The lowest BCUT2D eigenvalue weighted by Crippen LogP contribution is -1.97. The summed E-state index contributed by atoms with van der Waals surface area (Å²) >= 11 is 3.77. The molecule has 3 aromatic rings. The largest absolute Gasteiger partial charge is 0.464 e. The molecule has 0 saturated heterocycles. The zero-order chi connectivity index (χ0) is 16.7. The molecule has 0 N–H and O–H groups in total. The van der Waals surface area contributed by atoms with Crippen LogP contribution in [0.5, 0.6) is 0 Å². The molecule has 3 rings (SSSR count). The summed E-state index contributed by atoms with van der Waals surface area (Å²) in [5, 5.41) is 1.25. The second-order valence-electron chi connectivity index (χ2n) is 6.74. The summed E-state index contributed by atoms with van der Waals surface area (Å²) in [5.41, 5.74) is 8.77. The summed E-state index contributed by atoms with van der Waals surface area (Å²) < 4.78 is 7.11. The van der Waals surface area contributed by atoms with Gasteiger partial charge in [0.1, 0.15) is 5.58 Å². The Hall–Kier alpha value is -1.54. The second kappa shape index (κ2) is 6.16. The molecule has 0 bridgehead atoms. The molecule has 0 amide bonds. The van der Waals surface area contributed by atoms with Crippen LogP contribution in [0.4, 0.5) is 0 Å². The third-order valence-electron chi connectivity index (χ3n) is 4.76. The Morgan fingerprint density at radius 3 is 2.26 bits per heavy atom. The van der Waals surface area contributed by atoms with Gasteiger partial charge in [0.15, 0.2) is 0 Å². The van der Waals surface area contributed by atoms with Crippen LogP contribution < -0.4 is 0 Å². The Morgan fingerprint density at radius 2 is 1.65 bits per heavy atom. The molecule has 23 heavy (non-hydrogen) atoms. The van der Waals surface area contributed by atoms with Crippen LogP contribution in [0.2, 0.25) is 0 Å². The maximum Gasteiger partial charge on any atom is 0.138 e. The van der Waals surface area contributed by atoms with Crippen molar-refractivity contribution >= 4 is 26.9 Å². The van der Waals surface area contributed by atoms with E-state index in [2.05, 4.69) is 74.8 Å².